The molecule has 90 valence electrons. The van der Waals surface area contributed by atoms with Crippen LogP contribution in [0, 0.1) is 11.7 Å². The molecule has 1 fully saturated rings. The molecule has 0 aliphatic heterocycles. The van der Waals surface area contributed by atoms with Gasteiger partial charge in [-0.25, -0.2) is 4.39 Å². The summed E-state index contributed by atoms with van der Waals surface area (Å²) in [5, 5.41) is 2.81. The average Bonchev–Trinajstić information content (AvgIpc) is 3.13. The van der Waals surface area contributed by atoms with Crippen LogP contribution in [0.5, 0.6) is 0 Å². The molecule has 0 atom stereocenters. The van der Waals surface area contributed by atoms with Crippen molar-refractivity contribution < 1.29 is 9.18 Å². The maximum Gasteiger partial charge on any atom is 0.241 e. The number of thiocarbonyl (C=S) groups is 1. The molecule has 0 saturated heterocycles. The molecule has 1 aromatic rings. The number of hydrazine groups is 1. The number of benzene rings is 1. The second-order valence-electron chi connectivity index (χ2n) is 3.82. The van der Waals surface area contributed by atoms with Crippen molar-refractivity contribution in [1.29, 1.82) is 0 Å². The number of para-hydroxylation sites is 1. The summed E-state index contributed by atoms with van der Waals surface area (Å²) < 4.78 is 13.2. The van der Waals surface area contributed by atoms with E-state index in [2.05, 4.69) is 16.2 Å². The summed E-state index contributed by atoms with van der Waals surface area (Å²) in [7, 11) is 0. The summed E-state index contributed by atoms with van der Waals surface area (Å²) in [6, 6.07) is 6.17. The Hall–Kier alpha value is -1.69. The van der Waals surface area contributed by atoms with Crippen molar-refractivity contribution in [2.75, 3.05) is 5.32 Å². The molecule has 0 aromatic heterocycles. The molecular weight excluding hydrogens is 241 g/mol. The molecular formula is C11H12FN3OS. The Morgan fingerprint density at radius 1 is 1.29 bits per heavy atom. The molecule has 0 bridgehead atoms. The molecule has 0 spiro atoms. The largest absolute Gasteiger partial charge is 0.329 e. The van der Waals surface area contributed by atoms with Gasteiger partial charge in [0.2, 0.25) is 5.91 Å². The number of rotatable bonds is 2. The van der Waals surface area contributed by atoms with E-state index in [-0.39, 0.29) is 22.6 Å². The van der Waals surface area contributed by atoms with Crippen molar-refractivity contribution in [3.63, 3.8) is 0 Å². The minimum absolute atomic E-state index is 0.0808. The first-order chi connectivity index (χ1) is 8.16. The van der Waals surface area contributed by atoms with Gasteiger partial charge >= 0.3 is 0 Å². The maximum absolute atomic E-state index is 13.2. The predicted octanol–water partition coefficient (Wildman–Crippen LogP) is 1.55. The van der Waals surface area contributed by atoms with Gasteiger partial charge in [-0.1, -0.05) is 12.1 Å². The van der Waals surface area contributed by atoms with Crippen LogP contribution in [0.25, 0.3) is 0 Å². The Morgan fingerprint density at radius 2 is 2.00 bits per heavy atom. The fraction of sp³-hybridized carbons (Fsp3) is 0.273. The lowest BCUT2D eigenvalue weighted by Crippen LogP contribution is -2.44. The van der Waals surface area contributed by atoms with E-state index in [1.54, 1.807) is 18.2 Å². The van der Waals surface area contributed by atoms with Crippen LogP contribution in [0.3, 0.4) is 0 Å². The lowest BCUT2D eigenvalue weighted by molar-refractivity contribution is -0.122. The van der Waals surface area contributed by atoms with Gasteiger partial charge in [0.15, 0.2) is 5.11 Å². The summed E-state index contributed by atoms with van der Waals surface area (Å²) in [5.74, 6) is -0.383. The van der Waals surface area contributed by atoms with Crippen LogP contribution < -0.4 is 16.2 Å². The summed E-state index contributed by atoms with van der Waals surface area (Å²) >= 11 is 4.92. The first-order valence-corrected chi connectivity index (χ1v) is 5.69. The number of amides is 1. The molecule has 0 heterocycles. The molecule has 1 aromatic carbocycles. The molecule has 1 aliphatic rings. The zero-order valence-corrected chi connectivity index (χ0v) is 9.81. The van der Waals surface area contributed by atoms with Crippen LogP contribution in [0.15, 0.2) is 24.3 Å². The van der Waals surface area contributed by atoms with Crippen molar-refractivity contribution in [3.05, 3.63) is 30.1 Å². The molecule has 0 unspecified atom stereocenters. The minimum atomic E-state index is -0.398. The highest BCUT2D eigenvalue weighted by Gasteiger charge is 2.29. The van der Waals surface area contributed by atoms with E-state index in [9.17, 15) is 9.18 Å². The molecule has 1 amide bonds. The van der Waals surface area contributed by atoms with E-state index >= 15 is 0 Å². The fourth-order valence-corrected chi connectivity index (χ4v) is 1.44. The Bertz CT molecular complexity index is 448. The highest BCUT2D eigenvalue weighted by molar-refractivity contribution is 7.80. The van der Waals surface area contributed by atoms with Crippen molar-refractivity contribution in [2.45, 2.75) is 12.8 Å². The van der Waals surface area contributed by atoms with Crippen LogP contribution in [0.4, 0.5) is 10.1 Å². The van der Waals surface area contributed by atoms with Crippen LogP contribution in [0.2, 0.25) is 0 Å². The van der Waals surface area contributed by atoms with Gasteiger partial charge in [-0.05, 0) is 37.2 Å². The number of hydrogen-bond acceptors (Lipinski definition) is 2. The normalized spacial score (nSPS) is 13.9. The molecule has 3 N–H and O–H groups in total. The minimum Gasteiger partial charge on any atom is -0.329 e. The number of anilines is 1. The topological polar surface area (TPSA) is 53.2 Å². The first-order valence-electron chi connectivity index (χ1n) is 5.28. The predicted molar refractivity (Wildman–Crippen MR) is 66.6 cm³/mol. The molecule has 0 radical (unpaired) electrons. The van der Waals surface area contributed by atoms with E-state index < -0.39 is 5.82 Å². The Balaban J connectivity index is 1.80. The highest BCUT2D eigenvalue weighted by atomic mass is 32.1. The van der Waals surface area contributed by atoms with E-state index in [4.69, 9.17) is 12.2 Å². The van der Waals surface area contributed by atoms with Gasteiger partial charge in [-0.3, -0.25) is 15.6 Å². The van der Waals surface area contributed by atoms with E-state index in [1.165, 1.54) is 6.07 Å². The lowest BCUT2D eigenvalue weighted by atomic mass is 10.3. The van der Waals surface area contributed by atoms with Gasteiger partial charge in [0.1, 0.15) is 5.82 Å². The van der Waals surface area contributed by atoms with Crippen LogP contribution in [0.1, 0.15) is 12.8 Å². The fourth-order valence-electron chi connectivity index (χ4n) is 1.28. The number of carbonyl (C=O) groups excluding carboxylic acids is 1. The van der Waals surface area contributed by atoms with Gasteiger partial charge in [-0.2, -0.15) is 0 Å². The van der Waals surface area contributed by atoms with E-state index in [1.807, 2.05) is 0 Å². The molecule has 2 rings (SSSR count). The van der Waals surface area contributed by atoms with Crippen molar-refractivity contribution >= 4 is 28.9 Å². The van der Waals surface area contributed by atoms with Gasteiger partial charge < -0.3 is 5.32 Å². The second-order valence-corrected chi connectivity index (χ2v) is 4.23. The quantitative estimate of drug-likeness (QED) is 0.553. The van der Waals surface area contributed by atoms with Crippen LogP contribution >= 0.6 is 12.2 Å². The van der Waals surface area contributed by atoms with E-state index in [0.717, 1.165) is 12.8 Å². The maximum atomic E-state index is 13.2. The zero-order chi connectivity index (χ0) is 12.3. The monoisotopic (exact) mass is 253 g/mol. The van der Waals surface area contributed by atoms with Crippen molar-refractivity contribution in [2.24, 2.45) is 5.92 Å². The summed E-state index contributed by atoms with van der Waals surface area (Å²) in [5.41, 5.74) is 5.27. The third kappa shape index (κ3) is 3.39. The van der Waals surface area contributed by atoms with Gasteiger partial charge in [-0.15, -0.1) is 0 Å². The van der Waals surface area contributed by atoms with Gasteiger partial charge in [0.05, 0.1) is 5.69 Å². The third-order valence-corrected chi connectivity index (χ3v) is 2.57. The van der Waals surface area contributed by atoms with Crippen molar-refractivity contribution in [1.82, 2.24) is 10.9 Å². The second kappa shape index (κ2) is 5.09. The molecule has 1 aliphatic carbocycles. The summed E-state index contributed by atoms with van der Waals surface area (Å²) in [6.45, 7) is 0. The molecule has 4 nitrogen and oxygen atoms in total. The summed E-state index contributed by atoms with van der Waals surface area (Å²) in [6.07, 6.45) is 1.84. The highest BCUT2D eigenvalue weighted by Crippen LogP contribution is 2.28. The Kier molecular flexibility index (Phi) is 3.53. The van der Waals surface area contributed by atoms with E-state index in [0.29, 0.717) is 0 Å². The average molecular weight is 253 g/mol. The Labute approximate surface area is 104 Å². The summed E-state index contributed by atoms with van der Waals surface area (Å²) in [4.78, 5) is 11.3. The SMILES string of the molecule is O=C(NNC(=S)Nc1ccccc1F)C1CC1. The van der Waals surface area contributed by atoms with Gasteiger partial charge in [0, 0.05) is 5.92 Å². The first kappa shape index (κ1) is 11.8. The number of hydrogen-bond donors (Lipinski definition) is 3. The zero-order valence-electron chi connectivity index (χ0n) is 9.00. The number of halogens is 1. The van der Waals surface area contributed by atoms with Crippen LogP contribution in [-0.4, -0.2) is 11.0 Å². The molecule has 1 saturated carbocycles. The third-order valence-electron chi connectivity index (χ3n) is 2.37. The smallest absolute Gasteiger partial charge is 0.241 e. The van der Waals surface area contributed by atoms with Crippen molar-refractivity contribution in [3.8, 4) is 0 Å². The molecule has 6 heteroatoms. The standard InChI is InChI=1S/C11H12FN3OS/c12-8-3-1-2-4-9(8)13-11(17)15-14-10(16)7-5-6-7/h1-4,7H,5-6H2,(H,14,16)(H2,13,15,17). The van der Waals surface area contributed by atoms with Crippen LogP contribution in [-0.2, 0) is 4.79 Å². The lowest BCUT2D eigenvalue weighted by Gasteiger charge is -2.11. The van der Waals surface area contributed by atoms with Gasteiger partial charge in [0.25, 0.3) is 0 Å². The Morgan fingerprint density at radius 3 is 2.65 bits per heavy atom. The number of nitrogens with one attached hydrogen (secondary N) is 3. The number of carbonyl (C=O) groups is 1. The molecule has 17 heavy (non-hydrogen) atoms.